The molecule has 0 radical (unpaired) electrons. The normalized spacial score (nSPS) is 13.2. The Hall–Kier alpha value is -2.60. The molecule has 0 saturated carbocycles. The number of nitrogens with zero attached hydrogens (tertiary/aromatic N) is 2. The Morgan fingerprint density at radius 3 is 2.63 bits per heavy atom. The van der Waals surface area contributed by atoms with E-state index in [0.29, 0.717) is 0 Å². The fourth-order valence-electron chi connectivity index (χ4n) is 3.33. The minimum absolute atomic E-state index is 0.178. The number of halogens is 1. The predicted octanol–water partition coefficient (Wildman–Crippen LogP) is 4.62. The van der Waals surface area contributed by atoms with Crippen molar-refractivity contribution in [2.75, 3.05) is 11.1 Å². The molecule has 4 rings (SSSR count). The summed E-state index contributed by atoms with van der Waals surface area (Å²) in [7, 11) is 0. The number of hydrogen-bond donors (Lipinski definition) is 1. The van der Waals surface area contributed by atoms with Gasteiger partial charge in [0, 0.05) is 11.4 Å². The third kappa shape index (κ3) is 3.90. The van der Waals surface area contributed by atoms with E-state index in [1.807, 2.05) is 18.2 Å². The molecule has 1 amide bonds. The van der Waals surface area contributed by atoms with E-state index in [-0.39, 0.29) is 17.3 Å². The number of anilines is 1. The maximum Gasteiger partial charge on any atom is 0.234 e. The predicted molar refractivity (Wildman–Crippen MR) is 106 cm³/mol. The Bertz CT molecular complexity index is 955. The summed E-state index contributed by atoms with van der Waals surface area (Å²) in [6, 6.07) is 16.3. The van der Waals surface area contributed by atoms with E-state index in [2.05, 4.69) is 22.0 Å². The van der Waals surface area contributed by atoms with E-state index in [4.69, 9.17) is 4.98 Å². The van der Waals surface area contributed by atoms with E-state index in [9.17, 15) is 9.18 Å². The van der Waals surface area contributed by atoms with Crippen LogP contribution in [0.15, 0.2) is 59.8 Å². The lowest BCUT2D eigenvalue weighted by Gasteiger charge is -2.15. The fraction of sp³-hybridized carbons (Fsp3) is 0.238. The van der Waals surface area contributed by atoms with Crippen molar-refractivity contribution in [2.24, 2.45) is 0 Å². The molecule has 0 fully saturated rings. The highest BCUT2D eigenvalue weighted by molar-refractivity contribution is 7.99. The van der Waals surface area contributed by atoms with Crippen molar-refractivity contribution in [2.45, 2.75) is 30.8 Å². The molecule has 0 unspecified atom stereocenters. The summed E-state index contributed by atoms with van der Waals surface area (Å²) < 4.78 is 15.9. The molecule has 0 spiro atoms. The highest BCUT2D eigenvalue weighted by Gasteiger charge is 2.22. The molecule has 2 aromatic carbocycles. The number of rotatable bonds is 5. The van der Waals surface area contributed by atoms with Gasteiger partial charge >= 0.3 is 0 Å². The van der Waals surface area contributed by atoms with Crippen LogP contribution in [0.5, 0.6) is 0 Å². The summed E-state index contributed by atoms with van der Waals surface area (Å²) in [4.78, 5) is 17.1. The fourth-order valence-corrected chi connectivity index (χ4v) is 4.19. The lowest BCUT2D eigenvalue weighted by Crippen LogP contribution is -2.15. The number of fused-ring (bicyclic) bond motifs is 1. The lowest BCUT2D eigenvalue weighted by molar-refractivity contribution is -0.113. The first-order chi connectivity index (χ1) is 13.2. The number of carbonyl (C=O) groups is 1. The molecular weight excluding hydrogens is 361 g/mol. The molecule has 1 heterocycles. The molecule has 1 aliphatic carbocycles. The number of benzene rings is 2. The largest absolute Gasteiger partial charge is 0.323 e. The molecule has 6 heteroatoms. The third-order valence-corrected chi connectivity index (χ3v) is 5.54. The van der Waals surface area contributed by atoms with Gasteiger partial charge in [0.25, 0.3) is 0 Å². The molecule has 1 aliphatic rings. The first-order valence-corrected chi connectivity index (χ1v) is 10.0. The number of thioether (sulfide) groups is 1. The van der Waals surface area contributed by atoms with Crippen molar-refractivity contribution >= 4 is 23.4 Å². The average molecular weight is 381 g/mol. The second-order valence-electron chi connectivity index (χ2n) is 6.48. The molecular formula is C21H20FN3OS. The van der Waals surface area contributed by atoms with Crippen molar-refractivity contribution in [3.8, 4) is 5.69 Å². The Morgan fingerprint density at radius 2 is 1.81 bits per heavy atom. The maximum absolute atomic E-state index is 13.7. The topological polar surface area (TPSA) is 46.9 Å². The van der Waals surface area contributed by atoms with Gasteiger partial charge in [-0.05, 0) is 49.9 Å². The average Bonchev–Trinajstić information content (AvgIpc) is 3.07. The minimum atomic E-state index is -0.433. The van der Waals surface area contributed by atoms with Crippen LogP contribution in [-0.4, -0.2) is 21.2 Å². The van der Waals surface area contributed by atoms with Crippen LogP contribution in [0.4, 0.5) is 10.1 Å². The van der Waals surface area contributed by atoms with Gasteiger partial charge in [0.05, 0.1) is 17.1 Å². The molecule has 0 bridgehead atoms. The minimum Gasteiger partial charge on any atom is -0.323 e. The number of imidazole rings is 1. The molecule has 1 aromatic heterocycles. The van der Waals surface area contributed by atoms with Gasteiger partial charge in [-0.1, -0.05) is 42.1 Å². The number of para-hydroxylation sites is 2. The van der Waals surface area contributed by atoms with Crippen LogP contribution in [0, 0.1) is 5.82 Å². The molecule has 27 heavy (non-hydrogen) atoms. The van der Waals surface area contributed by atoms with Crippen molar-refractivity contribution in [1.82, 2.24) is 9.55 Å². The van der Waals surface area contributed by atoms with Gasteiger partial charge in [-0.15, -0.1) is 0 Å². The van der Waals surface area contributed by atoms with Gasteiger partial charge in [-0.3, -0.25) is 9.36 Å². The van der Waals surface area contributed by atoms with Gasteiger partial charge in [0.15, 0.2) is 5.16 Å². The summed E-state index contributed by atoms with van der Waals surface area (Å²) in [5.74, 6) is -0.500. The molecule has 0 aliphatic heterocycles. The van der Waals surface area contributed by atoms with Gasteiger partial charge in [0.1, 0.15) is 5.82 Å². The number of carbonyl (C=O) groups excluding carboxylic acids is 1. The van der Waals surface area contributed by atoms with E-state index < -0.39 is 5.82 Å². The van der Waals surface area contributed by atoms with Crippen LogP contribution < -0.4 is 5.32 Å². The quantitative estimate of drug-likeness (QED) is 0.656. The van der Waals surface area contributed by atoms with Crippen molar-refractivity contribution in [3.05, 3.63) is 71.8 Å². The van der Waals surface area contributed by atoms with Crippen LogP contribution in [0.2, 0.25) is 0 Å². The van der Waals surface area contributed by atoms with Crippen LogP contribution in [0.1, 0.15) is 24.2 Å². The zero-order valence-electron chi connectivity index (χ0n) is 14.8. The highest BCUT2D eigenvalue weighted by atomic mass is 32.2. The van der Waals surface area contributed by atoms with Crippen LogP contribution in [0.25, 0.3) is 5.69 Å². The monoisotopic (exact) mass is 381 g/mol. The van der Waals surface area contributed by atoms with Crippen LogP contribution >= 0.6 is 11.8 Å². The van der Waals surface area contributed by atoms with Gasteiger partial charge in [-0.25, -0.2) is 9.37 Å². The van der Waals surface area contributed by atoms with Gasteiger partial charge in [0.2, 0.25) is 5.91 Å². The molecule has 138 valence electrons. The van der Waals surface area contributed by atoms with E-state index in [1.165, 1.54) is 23.5 Å². The number of aromatic nitrogens is 2. The lowest BCUT2D eigenvalue weighted by atomic mass is 10.0. The summed E-state index contributed by atoms with van der Waals surface area (Å²) in [5.41, 5.74) is 3.63. The van der Waals surface area contributed by atoms with Crippen molar-refractivity contribution in [3.63, 3.8) is 0 Å². The zero-order chi connectivity index (χ0) is 18.6. The van der Waals surface area contributed by atoms with Crippen LogP contribution in [-0.2, 0) is 17.6 Å². The second-order valence-corrected chi connectivity index (χ2v) is 7.43. The molecule has 0 atom stereocenters. The van der Waals surface area contributed by atoms with Crippen LogP contribution in [0.3, 0.4) is 0 Å². The first kappa shape index (κ1) is 17.8. The third-order valence-electron chi connectivity index (χ3n) is 4.60. The SMILES string of the molecule is O=C(CSc1nc2c(n1-c1ccccc1)CCCC2)Nc1ccccc1F. The number of nitrogens with one attached hydrogen (secondary N) is 1. The Balaban J connectivity index is 1.54. The molecule has 3 aromatic rings. The molecule has 1 N–H and O–H groups in total. The van der Waals surface area contributed by atoms with Gasteiger partial charge in [-0.2, -0.15) is 0 Å². The van der Waals surface area contributed by atoms with E-state index in [0.717, 1.165) is 42.2 Å². The Labute approximate surface area is 161 Å². The summed E-state index contributed by atoms with van der Waals surface area (Å²) in [6.07, 6.45) is 4.28. The number of amides is 1. The van der Waals surface area contributed by atoms with Gasteiger partial charge < -0.3 is 5.32 Å². The Morgan fingerprint density at radius 1 is 1.07 bits per heavy atom. The zero-order valence-corrected chi connectivity index (χ0v) is 15.6. The van der Waals surface area contributed by atoms with Crippen molar-refractivity contribution in [1.29, 1.82) is 0 Å². The maximum atomic E-state index is 13.7. The highest BCUT2D eigenvalue weighted by Crippen LogP contribution is 2.30. The Kier molecular flexibility index (Phi) is 5.25. The molecule has 0 saturated heterocycles. The summed E-state index contributed by atoms with van der Waals surface area (Å²) in [5, 5.41) is 3.45. The number of aryl methyl sites for hydroxylation is 1. The smallest absolute Gasteiger partial charge is 0.234 e. The number of hydrogen-bond acceptors (Lipinski definition) is 3. The summed E-state index contributed by atoms with van der Waals surface area (Å²) in [6.45, 7) is 0. The molecule has 4 nitrogen and oxygen atoms in total. The van der Waals surface area contributed by atoms with E-state index >= 15 is 0 Å². The first-order valence-electron chi connectivity index (χ1n) is 9.05. The standard InChI is InChI=1S/C21H20FN3OS/c22-16-10-4-5-11-17(16)23-20(26)14-27-21-24-18-12-6-7-13-19(18)25(21)15-8-2-1-3-9-15/h1-5,8-11H,6-7,12-14H2,(H,23,26). The second kappa shape index (κ2) is 7.96. The van der Waals surface area contributed by atoms with Crippen molar-refractivity contribution < 1.29 is 9.18 Å². The summed E-state index contributed by atoms with van der Waals surface area (Å²) >= 11 is 1.39. The van der Waals surface area contributed by atoms with E-state index in [1.54, 1.807) is 18.2 Å².